The lowest BCUT2D eigenvalue weighted by Gasteiger charge is -2.12. The van der Waals surface area contributed by atoms with Crippen molar-refractivity contribution in [2.45, 2.75) is 32.1 Å². The van der Waals surface area contributed by atoms with Crippen LogP contribution in [0.2, 0.25) is 0 Å². The highest BCUT2D eigenvalue weighted by Gasteiger charge is 2.15. The minimum atomic E-state index is 0.128. The second-order valence-electron chi connectivity index (χ2n) is 5.49. The Hall–Kier alpha value is -1.40. The summed E-state index contributed by atoms with van der Waals surface area (Å²) in [6.07, 6.45) is 4.76. The lowest BCUT2D eigenvalue weighted by Crippen LogP contribution is -2.26. The number of hydrogen-bond donors (Lipinski definition) is 1. The number of carbonyl (C=O) groups excluding carboxylic acids is 1. The van der Waals surface area contributed by atoms with Crippen LogP contribution in [-0.4, -0.2) is 30.5 Å². The molecule has 2 aromatic heterocycles. The number of rotatable bonds is 7. The quantitative estimate of drug-likeness (QED) is 0.846. The second-order valence-corrected chi connectivity index (χ2v) is 7.36. The molecule has 22 heavy (non-hydrogen) atoms. The van der Waals surface area contributed by atoms with Crippen molar-refractivity contribution in [2.75, 3.05) is 24.5 Å². The highest BCUT2D eigenvalue weighted by atomic mass is 32.1. The second kappa shape index (κ2) is 7.74. The summed E-state index contributed by atoms with van der Waals surface area (Å²) in [5, 5.41) is 8.29. The zero-order valence-corrected chi connectivity index (χ0v) is 14.2. The average molecular weight is 335 g/mol. The molecule has 3 heterocycles. The molecule has 1 aliphatic heterocycles. The molecule has 0 saturated carbocycles. The number of thiophene rings is 1. The van der Waals surface area contributed by atoms with E-state index < -0.39 is 0 Å². The third kappa shape index (κ3) is 4.30. The lowest BCUT2D eigenvalue weighted by molar-refractivity contribution is -0.121. The largest absolute Gasteiger partial charge is 0.356 e. The summed E-state index contributed by atoms with van der Waals surface area (Å²) in [4.78, 5) is 20.1. The molecule has 1 aliphatic rings. The minimum Gasteiger partial charge on any atom is -0.356 e. The van der Waals surface area contributed by atoms with E-state index in [0.717, 1.165) is 36.8 Å². The van der Waals surface area contributed by atoms with E-state index in [1.54, 1.807) is 22.7 Å². The molecule has 0 radical (unpaired) electrons. The van der Waals surface area contributed by atoms with Gasteiger partial charge in [0.15, 0.2) is 5.13 Å². The SMILES string of the molecule is O=C(CCc1cccs1)NCCc1csc(N2CCCC2)n1. The predicted octanol–water partition coefficient (Wildman–Crippen LogP) is 3.10. The van der Waals surface area contributed by atoms with Gasteiger partial charge < -0.3 is 10.2 Å². The molecule has 1 saturated heterocycles. The molecule has 0 unspecified atom stereocenters. The number of nitrogens with zero attached hydrogens (tertiary/aromatic N) is 2. The predicted molar refractivity (Wildman–Crippen MR) is 92.9 cm³/mol. The molecule has 1 N–H and O–H groups in total. The first-order valence-electron chi connectivity index (χ1n) is 7.80. The Bertz CT molecular complexity index is 588. The Labute approximate surface area is 139 Å². The van der Waals surface area contributed by atoms with Gasteiger partial charge in [-0.2, -0.15) is 0 Å². The van der Waals surface area contributed by atoms with E-state index >= 15 is 0 Å². The van der Waals surface area contributed by atoms with Gasteiger partial charge in [-0.05, 0) is 30.7 Å². The van der Waals surface area contributed by atoms with Gasteiger partial charge in [-0.25, -0.2) is 4.98 Å². The molecule has 0 aromatic carbocycles. The maximum absolute atomic E-state index is 11.8. The normalized spacial score (nSPS) is 14.5. The molecule has 6 heteroatoms. The van der Waals surface area contributed by atoms with Crippen LogP contribution in [0.25, 0.3) is 0 Å². The van der Waals surface area contributed by atoms with Crippen molar-refractivity contribution in [3.8, 4) is 0 Å². The fourth-order valence-corrected chi connectivity index (χ4v) is 4.20. The number of hydrogen-bond acceptors (Lipinski definition) is 5. The molecule has 0 bridgehead atoms. The van der Waals surface area contributed by atoms with E-state index in [2.05, 4.69) is 26.6 Å². The van der Waals surface area contributed by atoms with E-state index in [0.29, 0.717) is 13.0 Å². The number of aryl methyl sites for hydroxylation is 1. The van der Waals surface area contributed by atoms with E-state index in [9.17, 15) is 4.79 Å². The summed E-state index contributed by atoms with van der Waals surface area (Å²) in [7, 11) is 0. The minimum absolute atomic E-state index is 0.128. The van der Waals surface area contributed by atoms with Crippen molar-refractivity contribution >= 4 is 33.7 Å². The molecule has 3 rings (SSSR count). The van der Waals surface area contributed by atoms with Crippen molar-refractivity contribution in [1.29, 1.82) is 0 Å². The van der Waals surface area contributed by atoms with Crippen molar-refractivity contribution < 1.29 is 4.79 Å². The van der Waals surface area contributed by atoms with Crippen LogP contribution in [-0.2, 0) is 17.6 Å². The highest BCUT2D eigenvalue weighted by molar-refractivity contribution is 7.13. The van der Waals surface area contributed by atoms with Gasteiger partial charge in [0.1, 0.15) is 0 Å². The number of carbonyl (C=O) groups is 1. The van der Waals surface area contributed by atoms with Crippen molar-refractivity contribution in [1.82, 2.24) is 10.3 Å². The topological polar surface area (TPSA) is 45.2 Å². The molecule has 0 spiro atoms. The summed E-state index contributed by atoms with van der Waals surface area (Å²) in [5.74, 6) is 0.128. The molecular formula is C16H21N3OS2. The maximum Gasteiger partial charge on any atom is 0.220 e. The van der Waals surface area contributed by atoms with Gasteiger partial charge in [-0.1, -0.05) is 6.07 Å². The molecule has 0 aliphatic carbocycles. The first-order valence-corrected chi connectivity index (χ1v) is 9.55. The van der Waals surface area contributed by atoms with E-state index in [-0.39, 0.29) is 5.91 Å². The van der Waals surface area contributed by atoms with Crippen molar-refractivity contribution in [3.63, 3.8) is 0 Å². The van der Waals surface area contributed by atoms with Crippen LogP contribution in [0.1, 0.15) is 29.8 Å². The summed E-state index contributed by atoms with van der Waals surface area (Å²) >= 11 is 3.42. The van der Waals surface area contributed by atoms with E-state index in [4.69, 9.17) is 0 Å². The van der Waals surface area contributed by atoms with Crippen LogP contribution < -0.4 is 10.2 Å². The van der Waals surface area contributed by atoms with Crippen LogP contribution >= 0.6 is 22.7 Å². The first-order chi connectivity index (χ1) is 10.8. The number of aromatic nitrogens is 1. The number of amides is 1. The number of nitrogens with one attached hydrogen (secondary N) is 1. The summed E-state index contributed by atoms with van der Waals surface area (Å²) < 4.78 is 0. The lowest BCUT2D eigenvalue weighted by atomic mass is 10.2. The summed E-state index contributed by atoms with van der Waals surface area (Å²) in [6.45, 7) is 2.94. The molecule has 4 nitrogen and oxygen atoms in total. The zero-order chi connectivity index (χ0) is 15.2. The number of thiazole rings is 1. The Morgan fingerprint density at radius 1 is 1.27 bits per heavy atom. The monoisotopic (exact) mass is 335 g/mol. The van der Waals surface area contributed by atoms with Gasteiger partial charge in [0, 0.05) is 42.7 Å². The van der Waals surface area contributed by atoms with E-state index in [1.807, 2.05) is 11.4 Å². The highest BCUT2D eigenvalue weighted by Crippen LogP contribution is 2.24. The molecule has 118 valence electrons. The fraction of sp³-hybridized carbons (Fsp3) is 0.500. The van der Waals surface area contributed by atoms with Gasteiger partial charge in [0.25, 0.3) is 0 Å². The van der Waals surface area contributed by atoms with Crippen LogP contribution in [0.5, 0.6) is 0 Å². The molecule has 0 atom stereocenters. The molecular weight excluding hydrogens is 314 g/mol. The standard InChI is InChI=1S/C16H21N3OS2/c20-15(6-5-14-4-3-11-21-14)17-8-7-13-12-22-16(18-13)19-9-1-2-10-19/h3-4,11-12H,1-2,5-10H2,(H,17,20). The van der Waals surface area contributed by atoms with Crippen LogP contribution in [0, 0.1) is 0 Å². The maximum atomic E-state index is 11.8. The van der Waals surface area contributed by atoms with Gasteiger partial charge in [0.2, 0.25) is 5.91 Å². The Morgan fingerprint density at radius 3 is 2.91 bits per heavy atom. The van der Waals surface area contributed by atoms with Crippen LogP contribution in [0.3, 0.4) is 0 Å². The Balaban J connectivity index is 1.36. The van der Waals surface area contributed by atoms with E-state index in [1.165, 1.54) is 17.7 Å². The smallest absolute Gasteiger partial charge is 0.220 e. The van der Waals surface area contributed by atoms with Gasteiger partial charge in [-0.3, -0.25) is 4.79 Å². The third-order valence-corrected chi connectivity index (χ3v) is 5.68. The van der Waals surface area contributed by atoms with Crippen molar-refractivity contribution in [2.24, 2.45) is 0 Å². The summed E-state index contributed by atoms with van der Waals surface area (Å²) in [5.41, 5.74) is 1.09. The average Bonchev–Trinajstić information content (AvgIpc) is 3.26. The van der Waals surface area contributed by atoms with Gasteiger partial charge >= 0.3 is 0 Å². The summed E-state index contributed by atoms with van der Waals surface area (Å²) in [6, 6.07) is 4.10. The van der Waals surface area contributed by atoms with Crippen molar-refractivity contribution in [3.05, 3.63) is 33.5 Å². The zero-order valence-electron chi connectivity index (χ0n) is 12.6. The fourth-order valence-electron chi connectivity index (χ4n) is 2.57. The third-order valence-electron chi connectivity index (χ3n) is 3.80. The molecule has 2 aromatic rings. The Kier molecular flexibility index (Phi) is 5.45. The van der Waals surface area contributed by atoms with Gasteiger partial charge in [0.05, 0.1) is 5.69 Å². The Morgan fingerprint density at radius 2 is 2.14 bits per heavy atom. The molecule has 1 fully saturated rings. The molecule has 1 amide bonds. The number of anilines is 1. The first kappa shape index (κ1) is 15.5. The van der Waals surface area contributed by atoms with Crippen LogP contribution in [0.4, 0.5) is 5.13 Å². The van der Waals surface area contributed by atoms with Crippen LogP contribution in [0.15, 0.2) is 22.9 Å². The van der Waals surface area contributed by atoms with Gasteiger partial charge in [-0.15, -0.1) is 22.7 Å².